The lowest BCUT2D eigenvalue weighted by Gasteiger charge is -2.45. The molecule has 6 nitrogen and oxygen atoms in total. The summed E-state index contributed by atoms with van der Waals surface area (Å²) in [6, 6.07) is 17.1. The predicted molar refractivity (Wildman–Crippen MR) is 123 cm³/mol. The highest BCUT2D eigenvalue weighted by Crippen LogP contribution is 2.40. The van der Waals surface area contributed by atoms with Crippen molar-refractivity contribution in [2.45, 2.75) is 45.8 Å². The molecule has 2 aromatic carbocycles. The molecule has 3 atom stereocenters. The lowest BCUT2D eigenvalue weighted by molar-refractivity contribution is -0.170. The van der Waals surface area contributed by atoms with Gasteiger partial charge in [-0.2, -0.15) is 0 Å². The van der Waals surface area contributed by atoms with Crippen molar-refractivity contribution < 1.29 is 23.8 Å². The summed E-state index contributed by atoms with van der Waals surface area (Å²) in [4.78, 5) is 25.9. The Hall–Kier alpha value is -3.28. The second-order valence-corrected chi connectivity index (χ2v) is 8.04. The molecule has 0 saturated heterocycles. The molecular formula is C26H31NO5. The lowest BCUT2D eigenvalue weighted by atomic mass is 9.74. The highest BCUT2D eigenvalue weighted by Gasteiger charge is 2.57. The van der Waals surface area contributed by atoms with Gasteiger partial charge in [-0.1, -0.05) is 56.3 Å². The summed E-state index contributed by atoms with van der Waals surface area (Å²) in [5.74, 6) is -1.08. The number of nitrogens with one attached hydrogen (secondary N) is 1. The smallest absolute Gasteiger partial charge is 0.353 e. The van der Waals surface area contributed by atoms with Crippen LogP contribution in [0.5, 0.6) is 5.75 Å². The molecule has 0 spiro atoms. The third-order valence-electron chi connectivity index (χ3n) is 5.97. The van der Waals surface area contributed by atoms with Crippen LogP contribution in [-0.2, 0) is 19.1 Å². The van der Waals surface area contributed by atoms with Crippen LogP contribution in [0.1, 0.15) is 34.1 Å². The zero-order chi connectivity index (χ0) is 23.3. The van der Waals surface area contributed by atoms with Crippen molar-refractivity contribution in [3.05, 3.63) is 65.9 Å². The van der Waals surface area contributed by atoms with E-state index in [1.165, 1.54) is 7.11 Å². The van der Waals surface area contributed by atoms with Crippen LogP contribution in [0.2, 0.25) is 0 Å². The number of benzene rings is 2. The second kappa shape index (κ2) is 9.90. The quantitative estimate of drug-likeness (QED) is 0.643. The minimum Gasteiger partial charge on any atom is -0.473 e. The van der Waals surface area contributed by atoms with Gasteiger partial charge in [0.1, 0.15) is 5.75 Å². The molecule has 3 unspecified atom stereocenters. The number of hydrogen-bond acceptors (Lipinski definition) is 6. The van der Waals surface area contributed by atoms with E-state index < -0.39 is 29.5 Å². The molecule has 0 radical (unpaired) electrons. The topological polar surface area (TPSA) is 73.9 Å². The van der Waals surface area contributed by atoms with E-state index in [0.29, 0.717) is 23.4 Å². The molecule has 0 aliphatic carbocycles. The summed E-state index contributed by atoms with van der Waals surface area (Å²) in [6.45, 7) is 7.67. The van der Waals surface area contributed by atoms with Crippen molar-refractivity contribution in [1.29, 1.82) is 0 Å². The standard InChI is InChI=1S/C26H31NO5/c1-6-16-31-25(29)26(17(2)23(24(28)30-5)18(3)27-19(26)4)32-22-14-12-21(13-15-22)20-10-8-7-9-11-20/h7-15,17,19,27H,6,16H2,1-5H3. The van der Waals surface area contributed by atoms with Gasteiger partial charge < -0.3 is 19.5 Å². The molecule has 1 heterocycles. The van der Waals surface area contributed by atoms with E-state index in [1.54, 1.807) is 13.8 Å². The number of methoxy groups -OCH3 is 1. The third kappa shape index (κ3) is 4.35. The number of ether oxygens (including phenoxy) is 3. The van der Waals surface area contributed by atoms with E-state index >= 15 is 0 Å². The SMILES string of the molecule is CCCOC(=O)C1(Oc2ccc(-c3ccccc3)cc2)C(C)NC(C)=C(C(=O)OC)C1C. The van der Waals surface area contributed by atoms with Crippen LogP contribution in [0.25, 0.3) is 11.1 Å². The van der Waals surface area contributed by atoms with E-state index in [9.17, 15) is 9.59 Å². The number of carbonyl (C=O) groups is 2. The number of esters is 2. The zero-order valence-electron chi connectivity index (χ0n) is 19.3. The normalized spacial score (nSPS) is 22.7. The van der Waals surface area contributed by atoms with Crippen LogP contribution < -0.4 is 10.1 Å². The van der Waals surface area contributed by atoms with Gasteiger partial charge in [0.15, 0.2) is 0 Å². The third-order valence-corrected chi connectivity index (χ3v) is 5.97. The second-order valence-electron chi connectivity index (χ2n) is 8.04. The maximum absolute atomic E-state index is 13.4. The van der Waals surface area contributed by atoms with Crippen molar-refractivity contribution in [3.63, 3.8) is 0 Å². The summed E-state index contributed by atoms with van der Waals surface area (Å²) in [6.07, 6.45) is 0.683. The first kappa shape index (κ1) is 23.4. The highest BCUT2D eigenvalue weighted by atomic mass is 16.6. The van der Waals surface area contributed by atoms with Crippen LogP contribution in [0.4, 0.5) is 0 Å². The van der Waals surface area contributed by atoms with Crippen LogP contribution in [-0.4, -0.2) is 37.3 Å². The van der Waals surface area contributed by atoms with Gasteiger partial charge in [0.05, 0.1) is 25.3 Å². The summed E-state index contributed by atoms with van der Waals surface area (Å²) in [7, 11) is 1.33. The van der Waals surface area contributed by atoms with Crippen molar-refractivity contribution in [2.75, 3.05) is 13.7 Å². The molecule has 1 aliphatic heterocycles. The monoisotopic (exact) mass is 437 g/mol. The number of allylic oxidation sites excluding steroid dienone is 1. The molecule has 170 valence electrons. The molecule has 0 amide bonds. The van der Waals surface area contributed by atoms with Gasteiger partial charge in [-0.3, -0.25) is 0 Å². The first-order valence-electron chi connectivity index (χ1n) is 10.9. The van der Waals surface area contributed by atoms with E-state index in [1.807, 2.05) is 68.4 Å². The molecule has 2 aromatic rings. The Kier molecular flexibility index (Phi) is 7.23. The van der Waals surface area contributed by atoms with Gasteiger partial charge in [-0.25, -0.2) is 9.59 Å². The molecule has 0 saturated carbocycles. The van der Waals surface area contributed by atoms with E-state index in [4.69, 9.17) is 14.2 Å². The Morgan fingerprint density at radius 3 is 2.22 bits per heavy atom. The molecule has 1 aliphatic rings. The minimum atomic E-state index is -1.44. The van der Waals surface area contributed by atoms with Crippen LogP contribution in [0.15, 0.2) is 65.9 Å². The Morgan fingerprint density at radius 1 is 1.00 bits per heavy atom. The van der Waals surface area contributed by atoms with E-state index in [-0.39, 0.29) is 6.61 Å². The van der Waals surface area contributed by atoms with Crippen molar-refractivity contribution in [3.8, 4) is 16.9 Å². The maximum Gasteiger partial charge on any atom is 0.353 e. The molecular weight excluding hydrogens is 406 g/mol. The van der Waals surface area contributed by atoms with Gasteiger partial charge in [-0.05, 0) is 43.5 Å². The fraction of sp³-hybridized carbons (Fsp3) is 0.385. The Morgan fingerprint density at radius 2 is 1.62 bits per heavy atom. The van der Waals surface area contributed by atoms with Gasteiger partial charge in [0.2, 0.25) is 5.60 Å². The Balaban J connectivity index is 2.01. The lowest BCUT2D eigenvalue weighted by Crippen LogP contribution is -2.66. The van der Waals surface area contributed by atoms with Gasteiger partial charge in [-0.15, -0.1) is 0 Å². The van der Waals surface area contributed by atoms with Gasteiger partial charge in [0, 0.05) is 11.6 Å². The fourth-order valence-corrected chi connectivity index (χ4v) is 4.28. The van der Waals surface area contributed by atoms with Crippen LogP contribution in [0, 0.1) is 5.92 Å². The fourth-order valence-electron chi connectivity index (χ4n) is 4.28. The highest BCUT2D eigenvalue weighted by molar-refractivity contribution is 5.93. The van der Waals surface area contributed by atoms with Crippen molar-refractivity contribution >= 4 is 11.9 Å². The first-order chi connectivity index (χ1) is 15.3. The zero-order valence-corrected chi connectivity index (χ0v) is 19.3. The average molecular weight is 438 g/mol. The first-order valence-corrected chi connectivity index (χ1v) is 10.9. The largest absolute Gasteiger partial charge is 0.473 e. The average Bonchev–Trinajstić information content (AvgIpc) is 2.80. The number of rotatable bonds is 7. The molecule has 6 heteroatoms. The molecule has 32 heavy (non-hydrogen) atoms. The van der Waals surface area contributed by atoms with Gasteiger partial charge in [0.25, 0.3) is 0 Å². The predicted octanol–water partition coefficient (Wildman–Crippen LogP) is 4.50. The number of hydrogen-bond donors (Lipinski definition) is 1. The van der Waals surface area contributed by atoms with Crippen molar-refractivity contribution in [2.24, 2.45) is 5.92 Å². The van der Waals surface area contributed by atoms with E-state index in [2.05, 4.69) is 5.32 Å². The van der Waals surface area contributed by atoms with Crippen LogP contribution in [0.3, 0.4) is 0 Å². The minimum absolute atomic E-state index is 0.270. The van der Waals surface area contributed by atoms with Crippen LogP contribution >= 0.6 is 0 Å². The summed E-state index contributed by atoms with van der Waals surface area (Å²) >= 11 is 0. The summed E-state index contributed by atoms with van der Waals surface area (Å²) in [5, 5.41) is 3.23. The Labute approximate surface area is 189 Å². The molecule has 1 N–H and O–H groups in total. The summed E-state index contributed by atoms with van der Waals surface area (Å²) < 4.78 is 17.0. The maximum atomic E-state index is 13.4. The van der Waals surface area contributed by atoms with Gasteiger partial charge >= 0.3 is 11.9 Å². The number of carbonyl (C=O) groups excluding carboxylic acids is 2. The van der Waals surface area contributed by atoms with Crippen molar-refractivity contribution in [1.82, 2.24) is 5.32 Å². The molecule has 0 bridgehead atoms. The molecule has 0 aromatic heterocycles. The summed E-state index contributed by atoms with van der Waals surface area (Å²) in [5.41, 5.74) is 1.73. The van der Waals surface area contributed by atoms with E-state index in [0.717, 1.165) is 11.1 Å². The molecule has 0 fully saturated rings. The Bertz CT molecular complexity index is 983. The molecule has 3 rings (SSSR count).